The second kappa shape index (κ2) is 5.90. The number of rotatable bonds is 5. The quantitative estimate of drug-likeness (QED) is 0.895. The first-order valence-corrected chi connectivity index (χ1v) is 7.67. The number of carbonyl (C=O) groups is 1. The molecule has 21 heavy (non-hydrogen) atoms. The highest BCUT2D eigenvalue weighted by atomic mass is 35.5. The third kappa shape index (κ3) is 3.11. The van der Waals surface area contributed by atoms with Crippen LogP contribution in [-0.2, 0) is 16.6 Å². The van der Waals surface area contributed by atoms with Crippen LogP contribution >= 0.6 is 11.6 Å². The zero-order valence-corrected chi connectivity index (χ0v) is 12.6. The Hall–Kier alpha value is -1.80. The van der Waals surface area contributed by atoms with E-state index >= 15 is 0 Å². The van der Waals surface area contributed by atoms with Crippen molar-refractivity contribution in [3.05, 3.63) is 70.7 Å². The maximum atomic E-state index is 12.5. The van der Waals surface area contributed by atoms with Crippen LogP contribution in [0.3, 0.4) is 0 Å². The summed E-state index contributed by atoms with van der Waals surface area (Å²) in [5.41, 5.74) is 1.93. The predicted molar refractivity (Wildman–Crippen MR) is 85.5 cm³/mol. The highest BCUT2D eigenvalue weighted by molar-refractivity contribution is 6.30. The van der Waals surface area contributed by atoms with Gasteiger partial charge in [0.25, 0.3) is 0 Å². The first kappa shape index (κ1) is 14.2. The van der Waals surface area contributed by atoms with Gasteiger partial charge in [0.15, 0.2) is 0 Å². The molecule has 0 saturated heterocycles. The zero-order chi connectivity index (χ0) is 14.7. The van der Waals surface area contributed by atoms with Crippen molar-refractivity contribution >= 4 is 17.5 Å². The maximum Gasteiger partial charge on any atom is 0.230 e. The molecule has 3 heteroatoms. The van der Waals surface area contributed by atoms with E-state index in [1.165, 1.54) is 5.56 Å². The van der Waals surface area contributed by atoms with Gasteiger partial charge in [-0.25, -0.2) is 0 Å². The summed E-state index contributed by atoms with van der Waals surface area (Å²) in [4.78, 5) is 12.5. The number of benzene rings is 2. The maximum absolute atomic E-state index is 12.5. The Morgan fingerprint density at radius 1 is 1.10 bits per heavy atom. The van der Waals surface area contributed by atoms with Crippen molar-refractivity contribution < 1.29 is 4.79 Å². The standard InChI is InChI=1S/C18H18ClNO/c19-16-8-4-7-15(13-16)18(10-11-18)17(21)20-12-9-14-5-2-1-3-6-14/h1-8,13H,9-12H2,(H,20,21). The Kier molecular flexibility index (Phi) is 3.98. The van der Waals surface area contributed by atoms with Crippen LogP contribution in [-0.4, -0.2) is 12.5 Å². The summed E-state index contributed by atoms with van der Waals surface area (Å²) in [6.45, 7) is 0.672. The normalized spacial score (nSPS) is 15.5. The molecule has 0 atom stereocenters. The van der Waals surface area contributed by atoms with E-state index in [-0.39, 0.29) is 11.3 Å². The van der Waals surface area contributed by atoms with Crippen molar-refractivity contribution in [2.75, 3.05) is 6.54 Å². The van der Waals surface area contributed by atoms with E-state index in [0.717, 1.165) is 24.8 Å². The molecule has 0 spiro atoms. The van der Waals surface area contributed by atoms with E-state index in [9.17, 15) is 4.79 Å². The van der Waals surface area contributed by atoms with Gasteiger partial charge < -0.3 is 5.32 Å². The fourth-order valence-electron chi connectivity index (χ4n) is 2.69. The lowest BCUT2D eigenvalue weighted by molar-refractivity contribution is -0.123. The molecule has 1 amide bonds. The Morgan fingerprint density at radius 2 is 1.86 bits per heavy atom. The van der Waals surface area contributed by atoms with Gasteiger partial charge in [-0.05, 0) is 42.5 Å². The van der Waals surface area contributed by atoms with E-state index in [0.29, 0.717) is 11.6 Å². The molecule has 1 fully saturated rings. The topological polar surface area (TPSA) is 29.1 Å². The highest BCUT2D eigenvalue weighted by Gasteiger charge is 2.51. The Bertz CT molecular complexity index is 635. The van der Waals surface area contributed by atoms with E-state index in [1.54, 1.807) is 0 Å². The summed E-state index contributed by atoms with van der Waals surface area (Å²) < 4.78 is 0. The minimum atomic E-state index is -0.346. The first-order valence-electron chi connectivity index (χ1n) is 7.29. The van der Waals surface area contributed by atoms with Crippen molar-refractivity contribution in [2.24, 2.45) is 0 Å². The van der Waals surface area contributed by atoms with Crippen molar-refractivity contribution in [3.63, 3.8) is 0 Å². The summed E-state index contributed by atoms with van der Waals surface area (Å²) in [5.74, 6) is 0.126. The van der Waals surface area contributed by atoms with Crippen molar-refractivity contribution in [1.29, 1.82) is 0 Å². The number of hydrogen-bond acceptors (Lipinski definition) is 1. The third-order valence-corrected chi connectivity index (χ3v) is 4.34. The molecule has 3 rings (SSSR count). The Morgan fingerprint density at radius 3 is 2.52 bits per heavy atom. The van der Waals surface area contributed by atoms with E-state index in [4.69, 9.17) is 11.6 Å². The smallest absolute Gasteiger partial charge is 0.230 e. The van der Waals surface area contributed by atoms with Crippen molar-refractivity contribution in [3.8, 4) is 0 Å². The van der Waals surface area contributed by atoms with Crippen LogP contribution in [0.25, 0.3) is 0 Å². The number of carbonyl (C=O) groups excluding carboxylic acids is 1. The third-order valence-electron chi connectivity index (χ3n) is 4.10. The Balaban J connectivity index is 1.60. The molecular formula is C18H18ClNO. The van der Waals surface area contributed by atoms with Crippen LogP contribution in [0.1, 0.15) is 24.0 Å². The van der Waals surface area contributed by atoms with Gasteiger partial charge in [-0.1, -0.05) is 54.1 Å². The SMILES string of the molecule is O=C(NCCc1ccccc1)C1(c2cccc(Cl)c2)CC1. The molecule has 1 N–H and O–H groups in total. The molecule has 0 bridgehead atoms. The summed E-state index contributed by atoms with van der Waals surface area (Å²) >= 11 is 6.04. The number of amides is 1. The molecule has 1 aliphatic rings. The molecule has 0 aliphatic heterocycles. The average Bonchev–Trinajstić information content (AvgIpc) is 3.30. The zero-order valence-electron chi connectivity index (χ0n) is 11.8. The lowest BCUT2D eigenvalue weighted by Crippen LogP contribution is -2.35. The van der Waals surface area contributed by atoms with Crippen LogP contribution < -0.4 is 5.32 Å². The predicted octanol–water partition coefficient (Wildman–Crippen LogP) is 3.73. The molecule has 2 nitrogen and oxygen atoms in total. The molecule has 0 radical (unpaired) electrons. The van der Waals surface area contributed by atoms with Crippen molar-refractivity contribution in [1.82, 2.24) is 5.32 Å². The van der Waals surface area contributed by atoms with E-state index in [2.05, 4.69) is 17.4 Å². The first-order chi connectivity index (χ1) is 10.2. The molecule has 0 heterocycles. The van der Waals surface area contributed by atoms with Gasteiger partial charge in [0, 0.05) is 11.6 Å². The Labute approximate surface area is 130 Å². The number of nitrogens with one attached hydrogen (secondary N) is 1. The summed E-state index contributed by atoms with van der Waals surface area (Å²) in [5, 5.41) is 3.76. The largest absolute Gasteiger partial charge is 0.355 e. The van der Waals surface area contributed by atoms with Crippen LogP contribution in [0, 0.1) is 0 Å². The second-order valence-corrected chi connectivity index (χ2v) is 6.02. The molecule has 0 unspecified atom stereocenters. The van der Waals surface area contributed by atoms with E-state index in [1.807, 2.05) is 42.5 Å². The fourth-order valence-corrected chi connectivity index (χ4v) is 2.88. The monoisotopic (exact) mass is 299 g/mol. The molecular weight excluding hydrogens is 282 g/mol. The van der Waals surface area contributed by atoms with Gasteiger partial charge in [-0.3, -0.25) is 4.79 Å². The van der Waals surface area contributed by atoms with E-state index < -0.39 is 0 Å². The molecule has 108 valence electrons. The number of halogens is 1. The molecule has 0 aromatic heterocycles. The lowest BCUT2D eigenvalue weighted by atomic mass is 9.95. The molecule has 1 saturated carbocycles. The van der Waals surface area contributed by atoms with Gasteiger partial charge in [0.05, 0.1) is 5.41 Å². The molecule has 2 aromatic rings. The summed E-state index contributed by atoms with van der Waals surface area (Å²) in [6, 6.07) is 17.9. The van der Waals surface area contributed by atoms with Crippen LogP contribution in [0.4, 0.5) is 0 Å². The van der Waals surface area contributed by atoms with Gasteiger partial charge in [0.1, 0.15) is 0 Å². The average molecular weight is 300 g/mol. The fraction of sp³-hybridized carbons (Fsp3) is 0.278. The summed E-state index contributed by atoms with van der Waals surface area (Å²) in [6.07, 6.45) is 2.67. The van der Waals surface area contributed by atoms with Gasteiger partial charge >= 0.3 is 0 Å². The van der Waals surface area contributed by atoms with Crippen LogP contribution in [0.2, 0.25) is 5.02 Å². The highest BCUT2D eigenvalue weighted by Crippen LogP contribution is 2.48. The van der Waals surface area contributed by atoms with Crippen LogP contribution in [0.5, 0.6) is 0 Å². The minimum absolute atomic E-state index is 0.126. The minimum Gasteiger partial charge on any atom is -0.355 e. The van der Waals surface area contributed by atoms with Crippen LogP contribution in [0.15, 0.2) is 54.6 Å². The van der Waals surface area contributed by atoms with Gasteiger partial charge in [-0.2, -0.15) is 0 Å². The second-order valence-electron chi connectivity index (χ2n) is 5.58. The molecule has 2 aromatic carbocycles. The lowest BCUT2D eigenvalue weighted by Gasteiger charge is -2.16. The van der Waals surface area contributed by atoms with Gasteiger partial charge in [-0.15, -0.1) is 0 Å². The number of hydrogen-bond donors (Lipinski definition) is 1. The summed E-state index contributed by atoms with van der Waals surface area (Å²) in [7, 11) is 0. The van der Waals surface area contributed by atoms with Crippen molar-refractivity contribution in [2.45, 2.75) is 24.7 Å². The molecule has 1 aliphatic carbocycles. The van der Waals surface area contributed by atoms with Gasteiger partial charge in [0.2, 0.25) is 5.91 Å².